The molecule has 1 aliphatic carbocycles. The van der Waals surface area contributed by atoms with Crippen molar-refractivity contribution in [2.45, 2.75) is 6.42 Å². The summed E-state index contributed by atoms with van der Waals surface area (Å²) < 4.78 is 0. The van der Waals surface area contributed by atoms with E-state index in [2.05, 4.69) is 67.3 Å². The molecule has 2 aromatic carbocycles. The standard InChI is InChI=1S/C17H14/c1-13-12-16-8-3-2-6-14(16)10-11-15-7-4-5-9-17(13)15/h2-11H,1,12H2/b11-10-. The summed E-state index contributed by atoms with van der Waals surface area (Å²) >= 11 is 0. The van der Waals surface area contributed by atoms with Gasteiger partial charge in [0.25, 0.3) is 0 Å². The van der Waals surface area contributed by atoms with E-state index in [1.54, 1.807) is 0 Å². The summed E-state index contributed by atoms with van der Waals surface area (Å²) in [4.78, 5) is 0. The maximum atomic E-state index is 4.22. The first-order valence-corrected chi connectivity index (χ1v) is 5.88. The summed E-state index contributed by atoms with van der Waals surface area (Å²) in [5.41, 5.74) is 6.36. The summed E-state index contributed by atoms with van der Waals surface area (Å²) in [7, 11) is 0. The highest BCUT2D eigenvalue weighted by Crippen LogP contribution is 2.27. The molecular formula is C17H14. The molecule has 0 amide bonds. The second kappa shape index (κ2) is 4.06. The van der Waals surface area contributed by atoms with Crippen LogP contribution in [0.4, 0.5) is 0 Å². The van der Waals surface area contributed by atoms with E-state index in [1.165, 1.54) is 27.8 Å². The summed E-state index contributed by atoms with van der Waals surface area (Å²) in [6.45, 7) is 4.22. The Bertz CT molecular complexity index is 603. The first-order valence-electron chi connectivity index (χ1n) is 5.88. The first-order chi connectivity index (χ1) is 8.34. The van der Waals surface area contributed by atoms with Crippen molar-refractivity contribution in [1.29, 1.82) is 0 Å². The van der Waals surface area contributed by atoms with Crippen LogP contribution in [0.5, 0.6) is 0 Å². The fourth-order valence-electron chi connectivity index (χ4n) is 2.33. The molecule has 17 heavy (non-hydrogen) atoms. The minimum atomic E-state index is 0.928. The summed E-state index contributed by atoms with van der Waals surface area (Å²) in [5.74, 6) is 0. The average Bonchev–Trinajstić information content (AvgIpc) is 2.36. The molecule has 0 fully saturated rings. The minimum Gasteiger partial charge on any atom is -0.0949 e. The van der Waals surface area contributed by atoms with Gasteiger partial charge in [0.1, 0.15) is 0 Å². The molecule has 1 aliphatic rings. The van der Waals surface area contributed by atoms with Gasteiger partial charge in [0.05, 0.1) is 0 Å². The lowest BCUT2D eigenvalue weighted by Gasteiger charge is -2.14. The van der Waals surface area contributed by atoms with Gasteiger partial charge >= 0.3 is 0 Å². The molecular weight excluding hydrogens is 204 g/mol. The second-order valence-electron chi connectivity index (χ2n) is 4.40. The third kappa shape index (κ3) is 1.83. The van der Waals surface area contributed by atoms with Gasteiger partial charge in [-0.15, -0.1) is 0 Å². The highest BCUT2D eigenvalue weighted by Gasteiger charge is 2.09. The molecule has 0 heteroatoms. The zero-order chi connectivity index (χ0) is 11.7. The molecule has 2 aromatic rings. The molecule has 0 unspecified atom stereocenters. The van der Waals surface area contributed by atoms with Crippen molar-refractivity contribution in [2.75, 3.05) is 0 Å². The van der Waals surface area contributed by atoms with E-state index in [0.29, 0.717) is 0 Å². The van der Waals surface area contributed by atoms with Crippen LogP contribution in [0.25, 0.3) is 17.7 Å². The van der Waals surface area contributed by atoms with Crippen LogP contribution in [0.2, 0.25) is 0 Å². The van der Waals surface area contributed by atoms with Crippen LogP contribution in [-0.2, 0) is 6.42 Å². The third-order valence-corrected chi connectivity index (χ3v) is 3.24. The average molecular weight is 218 g/mol. The maximum Gasteiger partial charge on any atom is -0.00196 e. The predicted molar refractivity (Wildman–Crippen MR) is 74.6 cm³/mol. The number of allylic oxidation sites excluding steroid dienone is 1. The molecule has 3 rings (SSSR count). The molecule has 0 nitrogen and oxygen atoms in total. The largest absolute Gasteiger partial charge is 0.0949 e. The van der Waals surface area contributed by atoms with Crippen LogP contribution in [0, 0.1) is 0 Å². The van der Waals surface area contributed by atoms with Crippen molar-refractivity contribution >= 4 is 17.7 Å². The van der Waals surface area contributed by atoms with Gasteiger partial charge in [0, 0.05) is 0 Å². The molecule has 0 N–H and O–H groups in total. The normalized spacial score (nSPS) is 15.4. The highest BCUT2D eigenvalue weighted by molar-refractivity contribution is 5.82. The topological polar surface area (TPSA) is 0 Å². The van der Waals surface area contributed by atoms with Gasteiger partial charge in [-0.1, -0.05) is 67.3 Å². The van der Waals surface area contributed by atoms with Gasteiger partial charge in [0.2, 0.25) is 0 Å². The van der Waals surface area contributed by atoms with Crippen LogP contribution in [0.3, 0.4) is 0 Å². The van der Waals surface area contributed by atoms with Crippen molar-refractivity contribution in [2.24, 2.45) is 0 Å². The van der Waals surface area contributed by atoms with Gasteiger partial charge in [-0.25, -0.2) is 0 Å². The molecule has 0 heterocycles. The Labute approximate surface area is 102 Å². The molecule has 82 valence electrons. The Morgan fingerprint density at radius 2 is 1.41 bits per heavy atom. The second-order valence-corrected chi connectivity index (χ2v) is 4.40. The molecule has 0 radical (unpaired) electrons. The summed E-state index contributed by atoms with van der Waals surface area (Å²) in [6, 6.07) is 17.0. The lowest BCUT2D eigenvalue weighted by atomic mass is 9.90. The van der Waals surface area contributed by atoms with Crippen molar-refractivity contribution < 1.29 is 0 Å². The number of hydrogen-bond donors (Lipinski definition) is 0. The fraction of sp³-hybridized carbons (Fsp3) is 0.0588. The fourth-order valence-corrected chi connectivity index (χ4v) is 2.33. The number of fused-ring (bicyclic) bond motifs is 2. The van der Waals surface area contributed by atoms with Gasteiger partial charge in [-0.2, -0.15) is 0 Å². The Morgan fingerprint density at radius 1 is 0.765 bits per heavy atom. The Morgan fingerprint density at radius 3 is 2.29 bits per heavy atom. The van der Waals surface area contributed by atoms with Crippen LogP contribution >= 0.6 is 0 Å². The van der Waals surface area contributed by atoms with Crippen molar-refractivity contribution in [3.8, 4) is 0 Å². The van der Waals surface area contributed by atoms with Gasteiger partial charge < -0.3 is 0 Å². The van der Waals surface area contributed by atoms with Gasteiger partial charge in [0.15, 0.2) is 0 Å². The molecule has 0 saturated carbocycles. The van der Waals surface area contributed by atoms with E-state index in [0.717, 1.165) is 6.42 Å². The molecule has 0 saturated heterocycles. The van der Waals surface area contributed by atoms with Gasteiger partial charge in [-0.05, 0) is 34.2 Å². The van der Waals surface area contributed by atoms with Crippen molar-refractivity contribution in [3.05, 3.63) is 77.4 Å². The first kappa shape index (κ1) is 10.1. The van der Waals surface area contributed by atoms with Crippen LogP contribution in [-0.4, -0.2) is 0 Å². The predicted octanol–water partition coefficient (Wildman–Crippen LogP) is 4.43. The molecule has 0 atom stereocenters. The number of rotatable bonds is 0. The zero-order valence-electron chi connectivity index (χ0n) is 9.69. The Balaban J connectivity index is 2.19. The molecule has 0 aliphatic heterocycles. The summed E-state index contributed by atoms with van der Waals surface area (Å²) in [5, 5.41) is 0. The molecule has 0 aromatic heterocycles. The van der Waals surface area contributed by atoms with E-state index in [4.69, 9.17) is 0 Å². The maximum absolute atomic E-state index is 4.22. The van der Waals surface area contributed by atoms with Crippen molar-refractivity contribution in [3.63, 3.8) is 0 Å². The molecule has 0 spiro atoms. The van der Waals surface area contributed by atoms with Crippen molar-refractivity contribution in [1.82, 2.24) is 0 Å². The van der Waals surface area contributed by atoms with Crippen LogP contribution in [0.1, 0.15) is 22.3 Å². The quantitative estimate of drug-likeness (QED) is 0.613. The number of benzene rings is 2. The lowest BCUT2D eigenvalue weighted by Crippen LogP contribution is -1.97. The SMILES string of the molecule is C=C1Cc2ccccc2/C=C\c2ccccc21. The van der Waals surface area contributed by atoms with E-state index >= 15 is 0 Å². The van der Waals surface area contributed by atoms with Gasteiger partial charge in [-0.3, -0.25) is 0 Å². The van der Waals surface area contributed by atoms with E-state index in [-0.39, 0.29) is 0 Å². The highest BCUT2D eigenvalue weighted by atomic mass is 14.1. The molecule has 0 bridgehead atoms. The smallest absolute Gasteiger partial charge is 0.00196 e. The summed E-state index contributed by atoms with van der Waals surface area (Å²) in [6.07, 6.45) is 5.30. The zero-order valence-corrected chi connectivity index (χ0v) is 9.69. The van der Waals surface area contributed by atoms with E-state index in [9.17, 15) is 0 Å². The Kier molecular flexibility index (Phi) is 2.41. The minimum absolute atomic E-state index is 0.928. The van der Waals surface area contributed by atoms with Crippen LogP contribution < -0.4 is 0 Å². The third-order valence-electron chi connectivity index (χ3n) is 3.24. The van der Waals surface area contributed by atoms with E-state index in [1.807, 2.05) is 0 Å². The lowest BCUT2D eigenvalue weighted by molar-refractivity contribution is 1.27. The van der Waals surface area contributed by atoms with Crippen LogP contribution in [0.15, 0.2) is 55.1 Å². The van der Waals surface area contributed by atoms with E-state index < -0.39 is 0 Å². The Hall–Kier alpha value is -2.08. The monoisotopic (exact) mass is 218 g/mol. The number of hydrogen-bond acceptors (Lipinski definition) is 0.